The smallest absolute Gasteiger partial charge is 0.0470 e. The first-order valence-corrected chi connectivity index (χ1v) is 2.97. The lowest BCUT2D eigenvalue weighted by molar-refractivity contribution is 1.64. The monoisotopic (exact) mass is 126 g/mol. The maximum Gasteiger partial charge on any atom is -0.0470 e. The Morgan fingerprint density at radius 2 is 1.00 bits per heavy atom. The fourth-order valence-corrected chi connectivity index (χ4v) is 0. The molecule has 0 fully saturated rings. The van der Waals surface area contributed by atoms with E-state index in [9.17, 15) is 0 Å². The second-order valence-corrected chi connectivity index (χ2v) is 1.07. The van der Waals surface area contributed by atoms with Crippen molar-refractivity contribution in [2.45, 2.75) is 20.8 Å². The fraction of sp³-hybridized carbons (Fsp3) is 0.333. The number of hydrogen-bond acceptors (Lipinski definition) is 0. The van der Waals surface area contributed by atoms with E-state index < -0.39 is 0 Å². The molecule has 0 heterocycles. The van der Waals surface area contributed by atoms with Crippen LogP contribution in [0.5, 0.6) is 0 Å². The van der Waals surface area contributed by atoms with Gasteiger partial charge < -0.3 is 0 Å². The van der Waals surface area contributed by atoms with Crippen LogP contribution in [0.2, 0.25) is 0 Å². The maximum atomic E-state index is 3.36. The molecule has 0 nitrogen and oxygen atoms in total. The van der Waals surface area contributed by atoms with E-state index >= 15 is 0 Å². The van der Waals surface area contributed by atoms with Crippen molar-refractivity contribution >= 4 is 0 Å². The predicted octanol–water partition coefficient (Wildman–Crippen LogP) is 3.58. The third-order valence-corrected chi connectivity index (χ3v) is 0.333. The van der Waals surface area contributed by atoms with Crippen LogP contribution in [0.3, 0.4) is 0 Å². The Labute approximate surface area is 59.6 Å². The van der Waals surface area contributed by atoms with Crippen LogP contribution in [0.25, 0.3) is 0 Å². The molecular formula is C9H18. The van der Waals surface area contributed by atoms with Crippen LogP contribution in [0.4, 0.5) is 0 Å². The first-order valence-electron chi connectivity index (χ1n) is 2.97. The van der Waals surface area contributed by atoms with Crippen molar-refractivity contribution in [2.75, 3.05) is 0 Å². The quantitative estimate of drug-likeness (QED) is 0.435. The Hall–Kier alpha value is -0.780. The highest BCUT2D eigenvalue weighted by Crippen LogP contribution is 1.57. The van der Waals surface area contributed by atoms with Gasteiger partial charge in [-0.15, -0.1) is 19.7 Å². The van der Waals surface area contributed by atoms with Gasteiger partial charge in [0.05, 0.1) is 0 Å². The molecule has 0 atom stereocenters. The van der Waals surface area contributed by atoms with Gasteiger partial charge in [0.2, 0.25) is 0 Å². The van der Waals surface area contributed by atoms with Crippen LogP contribution in [-0.2, 0) is 0 Å². The van der Waals surface area contributed by atoms with E-state index in [1.54, 1.807) is 6.08 Å². The summed E-state index contributed by atoms with van der Waals surface area (Å²) in [6, 6.07) is 0. The molecule has 0 aromatic heterocycles. The van der Waals surface area contributed by atoms with Crippen LogP contribution >= 0.6 is 0 Å². The van der Waals surface area contributed by atoms with Crippen molar-refractivity contribution in [2.24, 2.45) is 0 Å². The second kappa shape index (κ2) is 56.7. The SMILES string of the molecule is C=C.C=CC.CC=CC. The minimum absolute atomic E-state index is 1.75. The molecule has 0 amide bonds. The molecular weight excluding hydrogens is 108 g/mol. The summed E-state index contributed by atoms with van der Waals surface area (Å²) in [5.41, 5.74) is 0. The van der Waals surface area contributed by atoms with Crippen molar-refractivity contribution in [1.29, 1.82) is 0 Å². The topological polar surface area (TPSA) is 0 Å². The van der Waals surface area contributed by atoms with Gasteiger partial charge in [0, 0.05) is 0 Å². The van der Waals surface area contributed by atoms with Crippen molar-refractivity contribution < 1.29 is 0 Å². The normalized spacial score (nSPS) is 6.11. The van der Waals surface area contributed by atoms with Crippen molar-refractivity contribution in [3.05, 3.63) is 38.0 Å². The molecule has 0 saturated heterocycles. The highest BCUT2D eigenvalue weighted by molar-refractivity contribution is 4.68. The Morgan fingerprint density at radius 3 is 1.00 bits per heavy atom. The summed E-state index contributed by atoms with van der Waals surface area (Å²) in [6.45, 7) is 15.2. The lowest BCUT2D eigenvalue weighted by Gasteiger charge is -1.49. The molecule has 0 aliphatic carbocycles. The van der Waals surface area contributed by atoms with E-state index in [-0.39, 0.29) is 0 Å². The molecule has 0 aliphatic heterocycles. The van der Waals surface area contributed by atoms with Crippen molar-refractivity contribution in [3.8, 4) is 0 Å². The van der Waals surface area contributed by atoms with Gasteiger partial charge in [-0.2, -0.15) is 0 Å². The summed E-state index contributed by atoms with van der Waals surface area (Å²) in [5, 5.41) is 0. The molecule has 0 aliphatic rings. The Balaban J connectivity index is -0.0000000646. The summed E-state index contributed by atoms with van der Waals surface area (Å²) >= 11 is 0. The van der Waals surface area contributed by atoms with Gasteiger partial charge in [0.15, 0.2) is 0 Å². The minimum Gasteiger partial charge on any atom is -0.106 e. The van der Waals surface area contributed by atoms with Crippen LogP contribution < -0.4 is 0 Å². The Kier molecular flexibility index (Phi) is 99.0. The van der Waals surface area contributed by atoms with Crippen molar-refractivity contribution in [1.82, 2.24) is 0 Å². The standard InChI is InChI=1S/C4H8.C3H6.C2H4/c1-3-4-2;1-3-2;1-2/h3-4H,1-2H3;3H,1H2,2H3;1-2H2. The van der Waals surface area contributed by atoms with Crippen LogP contribution in [-0.4, -0.2) is 0 Å². The molecule has 0 N–H and O–H groups in total. The summed E-state index contributed by atoms with van der Waals surface area (Å²) in [5.74, 6) is 0. The van der Waals surface area contributed by atoms with E-state index in [2.05, 4.69) is 19.7 Å². The van der Waals surface area contributed by atoms with E-state index in [1.807, 2.05) is 32.9 Å². The van der Waals surface area contributed by atoms with Crippen LogP contribution in [0.1, 0.15) is 20.8 Å². The van der Waals surface area contributed by atoms with E-state index in [1.165, 1.54) is 0 Å². The highest BCUT2D eigenvalue weighted by Gasteiger charge is 1.34. The summed E-state index contributed by atoms with van der Waals surface area (Å²) in [7, 11) is 0. The molecule has 0 radical (unpaired) electrons. The van der Waals surface area contributed by atoms with Gasteiger partial charge in [-0.1, -0.05) is 18.2 Å². The Morgan fingerprint density at radius 1 is 0.889 bits per heavy atom. The first kappa shape index (κ1) is 15.7. The zero-order valence-electron chi connectivity index (χ0n) is 6.85. The van der Waals surface area contributed by atoms with E-state index in [0.29, 0.717) is 0 Å². The fourth-order valence-electron chi connectivity index (χ4n) is 0. The molecule has 0 aromatic carbocycles. The van der Waals surface area contributed by atoms with Gasteiger partial charge in [0.25, 0.3) is 0 Å². The molecule has 0 aromatic rings. The average molecular weight is 126 g/mol. The van der Waals surface area contributed by atoms with Crippen LogP contribution in [0.15, 0.2) is 38.0 Å². The molecule has 0 heteroatoms. The highest BCUT2D eigenvalue weighted by atomic mass is 13.4. The lowest BCUT2D eigenvalue weighted by atomic mass is 10.6. The van der Waals surface area contributed by atoms with Gasteiger partial charge in [-0.05, 0) is 20.8 Å². The second-order valence-electron chi connectivity index (χ2n) is 1.07. The largest absolute Gasteiger partial charge is 0.106 e. The zero-order valence-corrected chi connectivity index (χ0v) is 6.85. The van der Waals surface area contributed by atoms with Gasteiger partial charge >= 0.3 is 0 Å². The number of rotatable bonds is 0. The zero-order chi connectivity index (χ0) is 8.12. The van der Waals surface area contributed by atoms with Gasteiger partial charge in [0.1, 0.15) is 0 Å². The minimum atomic E-state index is 1.75. The molecule has 0 bridgehead atoms. The molecule has 0 rings (SSSR count). The third-order valence-electron chi connectivity index (χ3n) is 0.333. The van der Waals surface area contributed by atoms with E-state index in [0.717, 1.165) is 0 Å². The number of hydrogen-bond donors (Lipinski definition) is 0. The molecule has 0 spiro atoms. The lowest BCUT2D eigenvalue weighted by Crippen LogP contribution is -1.26. The molecule has 9 heavy (non-hydrogen) atoms. The maximum absolute atomic E-state index is 3.36. The summed E-state index contributed by atoms with van der Waals surface area (Å²) in [6.07, 6.45) is 5.75. The van der Waals surface area contributed by atoms with Gasteiger partial charge in [-0.3, -0.25) is 0 Å². The first-order chi connectivity index (χ1) is 4.33. The average Bonchev–Trinajstić information content (AvgIpc) is 1.94. The van der Waals surface area contributed by atoms with Gasteiger partial charge in [-0.25, -0.2) is 0 Å². The van der Waals surface area contributed by atoms with Crippen molar-refractivity contribution in [3.63, 3.8) is 0 Å². The summed E-state index contributed by atoms with van der Waals surface area (Å²) in [4.78, 5) is 0. The molecule has 54 valence electrons. The summed E-state index contributed by atoms with van der Waals surface area (Å²) < 4.78 is 0. The Bertz CT molecular complexity index is 47.1. The molecule has 0 unspecified atom stereocenters. The number of allylic oxidation sites excluding steroid dienone is 3. The van der Waals surface area contributed by atoms with E-state index in [4.69, 9.17) is 0 Å². The third kappa shape index (κ3) is 4060. The van der Waals surface area contributed by atoms with Crippen LogP contribution in [0, 0.1) is 0 Å². The predicted molar refractivity (Wildman–Crippen MR) is 47.6 cm³/mol. The molecule has 0 saturated carbocycles.